The molecule has 1 heterocycles. The Kier molecular flexibility index (Phi) is 6.56. The molecule has 1 aromatic carbocycles. The van der Waals surface area contributed by atoms with Gasteiger partial charge in [0.2, 0.25) is 0 Å². The Morgan fingerprint density at radius 1 is 1.22 bits per heavy atom. The van der Waals surface area contributed by atoms with Gasteiger partial charge in [0, 0.05) is 31.5 Å². The monoisotopic (exact) mass is 314 g/mol. The first-order chi connectivity index (χ1) is 11.0. The van der Waals surface area contributed by atoms with Gasteiger partial charge in [-0.05, 0) is 50.1 Å². The molecule has 0 aliphatic rings. The maximum atomic E-state index is 10.3. The third-order valence-electron chi connectivity index (χ3n) is 3.72. The van der Waals surface area contributed by atoms with Gasteiger partial charge in [0.1, 0.15) is 18.5 Å². The predicted molar refractivity (Wildman–Crippen MR) is 92.5 cm³/mol. The lowest BCUT2D eigenvalue weighted by molar-refractivity contribution is 0.0542. The minimum absolute atomic E-state index is 0.291. The van der Waals surface area contributed by atoms with Crippen molar-refractivity contribution >= 4 is 0 Å². The van der Waals surface area contributed by atoms with E-state index in [0.29, 0.717) is 19.2 Å². The molecule has 0 amide bonds. The molecule has 0 saturated heterocycles. The SMILES string of the molecule is Cc1cccc(OCC(O)CN(Cc2cccnc2)C(C)C)c1. The first kappa shape index (κ1) is 17.4. The summed E-state index contributed by atoms with van der Waals surface area (Å²) in [5.41, 5.74) is 2.30. The molecule has 0 fully saturated rings. The maximum Gasteiger partial charge on any atom is 0.119 e. The van der Waals surface area contributed by atoms with Crippen molar-refractivity contribution in [3.8, 4) is 5.75 Å². The molecule has 124 valence electrons. The topological polar surface area (TPSA) is 45.6 Å². The van der Waals surface area contributed by atoms with Gasteiger partial charge in [0.15, 0.2) is 0 Å². The summed E-state index contributed by atoms with van der Waals surface area (Å²) in [4.78, 5) is 6.37. The fourth-order valence-electron chi connectivity index (χ4n) is 2.41. The van der Waals surface area contributed by atoms with Gasteiger partial charge in [0.05, 0.1) is 0 Å². The van der Waals surface area contributed by atoms with Crippen LogP contribution in [0.5, 0.6) is 5.75 Å². The number of aliphatic hydroxyl groups excluding tert-OH is 1. The molecule has 23 heavy (non-hydrogen) atoms. The quantitative estimate of drug-likeness (QED) is 0.813. The summed E-state index contributed by atoms with van der Waals surface area (Å²) >= 11 is 0. The van der Waals surface area contributed by atoms with Gasteiger partial charge in [0.25, 0.3) is 0 Å². The van der Waals surface area contributed by atoms with E-state index in [2.05, 4.69) is 29.8 Å². The number of rotatable bonds is 8. The van der Waals surface area contributed by atoms with E-state index in [-0.39, 0.29) is 0 Å². The van der Waals surface area contributed by atoms with E-state index < -0.39 is 6.10 Å². The van der Waals surface area contributed by atoms with Crippen molar-refractivity contribution in [3.05, 3.63) is 59.9 Å². The smallest absolute Gasteiger partial charge is 0.119 e. The minimum atomic E-state index is -0.533. The molecule has 1 N–H and O–H groups in total. The van der Waals surface area contributed by atoms with Gasteiger partial charge >= 0.3 is 0 Å². The molecule has 2 rings (SSSR count). The lowest BCUT2D eigenvalue weighted by Crippen LogP contribution is -2.39. The average molecular weight is 314 g/mol. The van der Waals surface area contributed by atoms with Crippen molar-refractivity contribution in [2.75, 3.05) is 13.2 Å². The van der Waals surface area contributed by atoms with Gasteiger partial charge in [-0.25, -0.2) is 0 Å². The molecule has 4 nitrogen and oxygen atoms in total. The summed E-state index contributed by atoms with van der Waals surface area (Å²) in [6.07, 6.45) is 3.10. The van der Waals surface area contributed by atoms with Crippen LogP contribution in [0.25, 0.3) is 0 Å². The van der Waals surface area contributed by atoms with Crippen LogP contribution in [0, 0.1) is 6.92 Å². The second-order valence-electron chi connectivity index (χ2n) is 6.17. The highest BCUT2D eigenvalue weighted by Crippen LogP contribution is 2.13. The van der Waals surface area contributed by atoms with E-state index in [1.54, 1.807) is 6.20 Å². The van der Waals surface area contributed by atoms with Crippen LogP contribution >= 0.6 is 0 Å². The van der Waals surface area contributed by atoms with E-state index in [1.807, 2.05) is 43.5 Å². The minimum Gasteiger partial charge on any atom is -0.491 e. The molecule has 0 aliphatic heterocycles. The highest BCUT2D eigenvalue weighted by Gasteiger charge is 2.16. The fourth-order valence-corrected chi connectivity index (χ4v) is 2.41. The molecule has 0 aliphatic carbocycles. The first-order valence-corrected chi connectivity index (χ1v) is 8.05. The Hall–Kier alpha value is -1.91. The lowest BCUT2D eigenvalue weighted by Gasteiger charge is -2.28. The van der Waals surface area contributed by atoms with Crippen LogP contribution in [0.3, 0.4) is 0 Å². The molecular formula is C19H26N2O2. The number of ether oxygens (including phenoxy) is 1. The van der Waals surface area contributed by atoms with Crippen LogP contribution in [-0.2, 0) is 6.54 Å². The number of aryl methyl sites for hydroxylation is 1. The van der Waals surface area contributed by atoms with Gasteiger partial charge in [-0.3, -0.25) is 9.88 Å². The van der Waals surface area contributed by atoms with E-state index in [9.17, 15) is 5.11 Å². The third kappa shape index (κ3) is 6.00. The van der Waals surface area contributed by atoms with Crippen LogP contribution < -0.4 is 4.74 Å². The zero-order valence-electron chi connectivity index (χ0n) is 14.1. The van der Waals surface area contributed by atoms with Gasteiger partial charge in [-0.15, -0.1) is 0 Å². The summed E-state index contributed by atoms with van der Waals surface area (Å²) in [6, 6.07) is 12.2. The zero-order valence-corrected chi connectivity index (χ0v) is 14.1. The number of hydrogen-bond donors (Lipinski definition) is 1. The summed E-state index contributed by atoms with van der Waals surface area (Å²) < 4.78 is 5.69. The van der Waals surface area contributed by atoms with E-state index in [4.69, 9.17) is 4.74 Å². The first-order valence-electron chi connectivity index (χ1n) is 8.05. The van der Waals surface area contributed by atoms with Crippen molar-refractivity contribution in [2.24, 2.45) is 0 Å². The van der Waals surface area contributed by atoms with Gasteiger partial charge in [-0.2, -0.15) is 0 Å². The van der Waals surface area contributed by atoms with Crippen LogP contribution in [0.1, 0.15) is 25.0 Å². The zero-order chi connectivity index (χ0) is 16.7. The van der Waals surface area contributed by atoms with Crippen molar-refractivity contribution in [1.82, 2.24) is 9.88 Å². The number of nitrogens with zero attached hydrogens (tertiary/aromatic N) is 2. The van der Waals surface area contributed by atoms with Crippen LogP contribution in [0.15, 0.2) is 48.8 Å². The lowest BCUT2D eigenvalue weighted by atomic mass is 10.2. The number of pyridine rings is 1. The third-order valence-corrected chi connectivity index (χ3v) is 3.72. The van der Waals surface area contributed by atoms with Crippen molar-refractivity contribution < 1.29 is 9.84 Å². The Bertz CT molecular complexity index is 587. The number of aromatic nitrogens is 1. The molecule has 0 bridgehead atoms. The van der Waals surface area contributed by atoms with E-state index in [1.165, 1.54) is 0 Å². The van der Waals surface area contributed by atoms with Crippen LogP contribution in [0.4, 0.5) is 0 Å². The van der Waals surface area contributed by atoms with Gasteiger partial charge < -0.3 is 9.84 Å². The number of benzene rings is 1. The second kappa shape index (κ2) is 8.65. The molecule has 1 aromatic heterocycles. The molecule has 0 saturated carbocycles. The predicted octanol–water partition coefficient (Wildman–Crippen LogP) is 3.04. The molecule has 2 aromatic rings. The highest BCUT2D eigenvalue weighted by molar-refractivity contribution is 5.27. The molecule has 0 spiro atoms. The second-order valence-corrected chi connectivity index (χ2v) is 6.17. The van der Waals surface area contributed by atoms with Crippen LogP contribution in [-0.4, -0.2) is 40.3 Å². The molecular weight excluding hydrogens is 288 g/mol. The summed E-state index contributed by atoms with van der Waals surface area (Å²) in [6.45, 7) is 7.91. The van der Waals surface area contributed by atoms with Crippen molar-refractivity contribution in [2.45, 2.75) is 39.5 Å². The number of hydrogen-bond acceptors (Lipinski definition) is 4. The fraction of sp³-hybridized carbons (Fsp3) is 0.421. The van der Waals surface area contributed by atoms with Gasteiger partial charge in [-0.1, -0.05) is 18.2 Å². The average Bonchev–Trinajstić information content (AvgIpc) is 2.53. The molecule has 1 unspecified atom stereocenters. The van der Waals surface area contributed by atoms with E-state index in [0.717, 1.165) is 23.4 Å². The highest BCUT2D eigenvalue weighted by atomic mass is 16.5. The standard InChI is InChI=1S/C19H26N2O2/c1-15(2)21(12-17-7-5-9-20-11-17)13-18(22)14-23-19-8-4-6-16(3)10-19/h4-11,15,18,22H,12-14H2,1-3H3. The molecule has 4 heteroatoms. The Labute approximate surface area is 138 Å². The maximum absolute atomic E-state index is 10.3. The Morgan fingerprint density at radius 2 is 2.04 bits per heavy atom. The van der Waals surface area contributed by atoms with E-state index >= 15 is 0 Å². The summed E-state index contributed by atoms with van der Waals surface area (Å²) in [5, 5.41) is 10.3. The number of aliphatic hydroxyl groups is 1. The summed E-state index contributed by atoms with van der Waals surface area (Å²) in [5.74, 6) is 0.799. The molecule has 0 radical (unpaired) electrons. The van der Waals surface area contributed by atoms with Crippen LogP contribution in [0.2, 0.25) is 0 Å². The normalized spacial score (nSPS) is 12.6. The Balaban J connectivity index is 1.86. The molecule has 1 atom stereocenters. The largest absolute Gasteiger partial charge is 0.491 e. The summed E-state index contributed by atoms with van der Waals surface area (Å²) in [7, 11) is 0. The van der Waals surface area contributed by atoms with Crippen molar-refractivity contribution in [1.29, 1.82) is 0 Å². The Morgan fingerprint density at radius 3 is 2.70 bits per heavy atom. The van der Waals surface area contributed by atoms with Crippen molar-refractivity contribution in [3.63, 3.8) is 0 Å².